The van der Waals surface area contributed by atoms with Gasteiger partial charge in [0.1, 0.15) is 0 Å². The molecule has 0 bridgehead atoms. The lowest BCUT2D eigenvalue weighted by molar-refractivity contribution is 0.0569. The summed E-state index contributed by atoms with van der Waals surface area (Å²) < 4.78 is 6.39. The number of aromatic nitrogens is 4. The van der Waals surface area contributed by atoms with E-state index in [4.69, 9.17) is 4.52 Å². The topological polar surface area (TPSA) is 85.0 Å². The second-order valence-electron chi connectivity index (χ2n) is 6.09. The van der Waals surface area contributed by atoms with Crippen LogP contribution in [-0.2, 0) is 0 Å². The zero-order valence-corrected chi connectivity index (χ0v) is 14.4. The summed E-state index contributed by atoms with van der Waals surface area (Å²) in [7, 11) is 0. The molecule has 3 aromatic heterocycles. The molecule has 0 atom stereocenters. The van der Waals surface area contributed by atoms with Crippen LogP contribution in [-0.4, -0.2) is 44.0 Å². The fraction of sp³-hybridized carbons (Fsp3) is 0.167. The monoisotopic (exact) mass is 363 g/mol. The highest BCUT2D eigenvalue weighted by molar-refractivity contribution is 7.20. The van der Waals surface area contributed by atoms with Crippen LogP contribution in [0.1, 0.15) is 21.6 Å². The lowest BCUT2D eigenvalue weighted by Gasteiger charge is -2.36. The number of thiazole rings is 1. The van der Waals surface area contributed by atoms with Crippen molar-refractivity contribution >= 4 is 27.5 Å². The van der Waals surface area contributed by atoms with Gasteiger partial charge in [-0.2, -0.15) is 4.98 Å². The molecule has 0 radical (unpaired) electrons. The lowest BCUT2D eigenvalue weighted by atomic mass is 10.0. The molecule has 0 spiro atoms. The van der Waals surface area contributed by atoms with E-state index in [-0.39, 0.29) is 11.8 Å². The average molecular weight is 363 g/mol. The molecule has 0 aliphatic carbocycles. The molecule has 4 aromatic rings. The summed E-state index contributed by atoms with van der Waals surface area (Å²) >= 11 is 1.42. The van der Waals surface area contributed by atoms with Crippen molar-refractivity contribution in [2.75, 3.05) is 13.1 Å². The van der Waals surface area contributed by atoms with Crippen LogP contribution in [0.2, 0.25) is 0 Å². The molecule has 0 N–H and O–H groups in total. The maximum absolute atomic E-state index is 12.6. The first-order chi connectivity index (χ1) is 12.8. The highest BCUT2D eigenvalue weighted by atomic mass is 32.1. The molecule has 1 amide bonds. The van der Waals surface area contributed by atoms with Crippen molar-refractivity contribution in [2.24, 2.45) is 0 Å². The number of hydrogen-bond acceptors (Lipinski definition) is 7. The Kier molecular flexibility index (Phi) is 3.49. The maximum atomic E-state index is 12.6. The number of carbonyl (C=O) groups excluding carboxylic acids is 1. The molecular weight excluding hydrogens is 350 g/mol. The van der Waals surface area contributed by atoms with Gasteiger partial charge in [0.15, 0.2) is 5.01 Å². The van der Waals surface area contributed by atoms with Gasteiger partial charge in [-0.15, -0.1) is 11.3 Å². The fourth-order valence-corrected chi connectivity index (χ4v) is 3.85. The summed E-state index contributed by atoms with van der Waals surface area (Å²) in [5.41, 5.74) is 1.72. The molecule has 1 aliphatic rings. The number of carbonyl (C=O) groups is 1. The van der Waals surface area contributed by atoms with Gasteiger partial charge in [0.2, 0.25) is 11.7 Å². The Bertz CT molecular complexity index is 1050. The van der Waals surface area contributed by atoms with Crippen molar-refractivity contribution in [1.29, 1.82) is 0 Å². The van der Waals surface area contributed by atoms with Gasteiger partial charge >= 0.3 is 0 Å². The summed E-state index contributed by atoms with van der Waals surface area (Å²) in [6.07, 6.45) is 3.38. The van der Waals surface area contributed by atoms with Crippen LogP contribution in [0.5, 0.6) is 0 Å². The third-order valence-electron chi connectivity index (χ3n) is 4.38. The smallest absolute Gasteiger partial charge is 0.282 e. The zero-order valence-electron chi connectivity index (χ0n) is 13.6. The van der Waals surface area contributed by atoms with Crippen molar-refractivity contribution in [3.63, 3.8) is 0 Å². The summed E-state index contributed by atoms with van der Waals surface area (Å²) in [6.45, 7) is 1.12. The first kappa shape index (κ1) is 15.2. The average Bonchev–Trinajstić information content (AvgIpc) is 3.28. The Labute approximate surface area is 152 Å². The van der Waals surface area contributed by atoms with Gasteiger partial charge in [-0.05, 0) is 24.3 Å². The number of pyridine rings is 1. The summed E-state index contributed by atoms with van der Waals surface area (Å²) in [5, 5.41) is 4.54. The standard InChI is InChI=1S/C18H13N5O2S/c24-18(17-20-13-3-1-2-4-14(13)26-17)23-9-12(10-23)16-21-15(22-25-16)11-5-7-19-8-6-11/h1-8,12H,9-10H2. The van der Waals surface area contributed by atoms with E-state index in [2.05, 4.69) is 20.1 Å². The SMILES string of the molecule is O=C(c1nc2ccccc2s1)N1CC(c2nc(-c3ccncc3)no2)C1. The lowest BCUT2D eigenvalue weighted by Crippen LogP contribution is -2.48. The predicted molar refractivity (Wildman–Crippen MR) is 95.8 cm³/mol. The first-order valence-electron chi connectivity index (χ1n) is 8.17. The fourth-order valence-electron chi connectivity index (χ4n) is 2.92. The second-order valence-corrected chi connectivity index (χ2v) is 7.12. The Morgan fingerprint density at radius 1 is 1.12 bits per heavy atom. The van der Waals surface area contributed by atoms with Gasteiger partial charge < -0.3 is 9.42 Å². The Hall–Kier alpha value is -3.13. The summed E-state index contributed by atoms with van der Waals surface area (Å²) in [6, 6.07) is 11.4. The van der Waals surface area contributed by atoms with Crippen LogP contribution < -0.4 is 0 Å². The number of nitrogens with zero attached hydrogens (tertiary/aromatic N) is 5. The number of benzene rings is 1. The van der Waals surface area contributed by atoms with Gasteiger partial charge in [-0.1, -0.05) is 17.3 Å². The van der Waals surface area contributed by atoms with E-state index in [1.807, 2.05) is 36.4 Å². The normalized spacial score (nSPS) is 14.5. The van der Waals surface area contributed by atoms with Crippen molar-refractivity contribution in [2.45, 2.75) is 5.92 Å². The van der Waals surface area contributed by atoms with Crippen LogP contribution >= 0.6 is 11.3 Å². The highest BCUT2D eigenvalue weighted by Crippen LogP contribution is 2.30. The Morgan fingerprint density at radius 3 is 2.73 bits per heavy atom. The van der Waals surface area contributed by atoms with Gasteiger partial charge in [-0.3, -0.25) is 9.78 Å². The summed E-state index contributed by atoms with van der Waals surface area (Å²) in [5.74, 6) is 1.12. The number of fused-ring (bicyclic) bond motifs is 1. The van der Waals surface area contributed by atoms with E-state index >= 15 is 0 Å². The van der Waals surface area contributed by atoms with Crippen molar-refractivity contribution < 1.29 is 9.32 Å². The number of hydrogen-bond donors (Lipinski definition) is 0. The number of likely N-dealkylation sites (tertiary alicyclic amines) is 1. The van der Waals surface area contributed by atoms with Crippen LogP contribution in [0.4, 0.5) is 0 Å². The molecule has 1 fully saturated rings. The largest absolute Gasteiger partial charge is 0.339 e. The van der Waals surface area contributed by atoms with E-state index in [9.17, 15) is 4.79 Å². The van der Waals surface area contributed by atoms with Gasteiger partial charge in [0.05, 0.1) is 16.1 Å². The number of amides is 1. The molecule has 7 nitrogen and oxygen atoms in total. The maximum Gasteiger partial charge on any atom is 0.282 e. The van der Waals surface area contributed by atoms with E-state index in [1.54, 1.807) is 17.3 Å². The quantitative estimate of drug-likeness (QED) is 0.556. The van der Waals surface area contributed by atoms with Crippen LogP contribution in [0, 0.1) is 0 Å². The van der Waals surface area contributed by atoms with E-state index in [0.29, 0.717) is 29.8 Å². The molecule has 1 saturated heterocycles. The van der Waals surface area contributed by atoms with E-state index in [1.165, 1.54) is 11.3 Å². The molecule has 5 rings (SSSR count). The van der Waals surface area contributed by atoms with Gasteiger partial charge in [0, 0.05) is 31.0 Å². The Morgan fingerprint density at radius 2 is 1.92 bits per heavy atom. The molecule has 1 aliphatic heterocycles. The molecule has 4 heterocycles. The van der Waals surface area contributed by atoms with Crippen molar-refractivity contribution in [3.05, 3.63) is 59.7 Å². The summed E-state index contributed by atoms with van der Waals surface area (Å²) in [4.78, 5) is 27.2. The third kappa shape index (κ3) is 2.55. The minimum absolute atomic E-state index is 0.0451. The second kappa shape index (κ2) is 5.99. The van der Waals surface area contributed by atoms with Crippen LogP contribution in [0.3, 0.4) is 0 Å². The van der Waals surface area contributed by atoms with Crippen molar-refractivity contribution in [1.82, 2.24) is 25.0 Å². The van der Waals surface area contributed by atoms with Crippen LogP contribution in [0.15, 0.2) is 53.3 Å². The highest BCUT2D eigenvalue weighted by Gasteiger charge is 2.37. The molecule has 1 aromatic carbocycles. The van der Waals surface area contributed by atoms with Crippen LogP contribution in [0.25, 0.3) is 21.6 Å². The zero-order chi connectivity index (χ0) is 17.5. The Balaban J connectivity index is 1.28. The molecule has 0 unspecified atom stereocenters. The minimum Gasteiger partial charge on any atom is -0.339 e. The third-order valence-corrected chi connectivity index (χ3v) is 5.40. The predicted octanol–water partition coefficient (Wildman–Crippen LogP) is 2.98. The molecule has 0 saturated carbocycles. The first-order valence-corrected chi connectivity index (χ1v) is 8.98. The van der Waals surface area contributed by atoms with E-state index in [0.717, 1.165) is 15.8 Å². The van der Waals surface area contributed by atoms with Gasteiger partial charge in [-0.25, -0.2) is 4.98 Å². The van der Waals surface area contributed by atoms with Crippen molar-refractivity contribution in [3.8, 4) is 11.4 Å². The number of rotatable bonds is 3. The molecule has 8 heteroatoms. The minimum atomic E-state index is -0.0451. The molecule has 128 valence electrons. The molecular formula is C18H13N5O2S. The number of para-hydroxylation sites is 1. The van der Waals surface area contributed by atoms with Gasteiger partial charge in [0.25, 0.3) is 5.91 Å². The van der Waals surface area contributed by atoms with E-state index < -0.39 is 0 Å². The molecule has 26 heavy (non-hydrogen) atoms.